The number of hydrogen-bond acceptors (Lipinski definition) is 5. The molecule has 1 aromatic carbocycles. The summed E-state index contributed by atoms with van der Waals surface area (Å²) in [5.41, 5.74) is 7.00. The average molecular weight is 290 g/mol. The lowest BCUT2D eigenvalue weighted by Gasteiger charge is -2.37. The van der Waals surface area contributed by atoms with Crippen LogP contribution in [0.3, 0.4) is 0 Å². The van der Waals surface area contributed by atoms with Gasteiger partial charge in [-0.2, -0.15) is 0 Å². The second-order valence-electron chi connectivity index (χ2n) is 5.67. The van der Waals surface area contributed by atoms with Gasteiger partial charge in [-0.3, -0.25) is 4.99 Å². The third-order valence-corrected chi connectivity index (χ3v) is 4.44. The summed E-state index contributed by atoms with van der Waals surface area (Å²) >= 11 is 0. The zero-order valence-electron chi connectivity index (χ0n) is 13.2. The third kappa shape index (κ3) is 3.13. The summed E-state index contributed by atoms with van der Waals surface area (Å²) in [6.07, 6.45) is 0. The Morgan fingerprint density at radius 1 is 1.29 bits per heavy atom. The first-order chi connectivity index (χ1) is 10.0. The normalized spacial score (nSPS) is 21.9. The highest BCUT2D eigenvalue weighted by atomic mass is 16.3. The van der Waals surface area contributed by atoms with Crippen molar-refractivity contribution < 1.29 is 5.11 Å². The largest absolute Gasteiger partial charge is 0.508 e. The number of aromatic hydroxyl groups is 1. The van der Waals surface area contributed by atoms with Crippen molar-refractivity contribution in [3.05, 3.63) is 29.8 Å². The second-order valence-corrected chi connectivity index (χ2v) is 5.67. The molecule has 116 valence electrons. The highest BCUT2D eigenvalue weighted by Gasteiger charge is 2.39. The molecule has 0 bridgehead atoms. The average Bonchev–Trinajstić information content (AvgIpc) is 2.78. The van der Waals surface area contributed by atoms with Crippen molar-refractivity contribution in [1.29, 1.82) is 0 Å². The molecule has 0 amide bonds. The molecule has 5 heteroatoms. The summed E-state index contributed by atoms with van der Waals surface area (Å²) < 4.78 is 0. The van der Waals surface area contributed by atoms with E-state index in [4.69, 9.17) is 5.73 Å². The van der Waals surface area contributed by atoms with E-state index in [1.807, 2.05) is 12.1 Å². The van der Waals surface area contributed by atoms with Crippen molar-refractivity contribution in [3.8, 4) is 5.75 Å². The molecule has 0 aliphatic carbocycles. The van der Waals surface area contributed by atoms with Crippen LogP contribution in [-0.2, 0) is 5.54 Å². The van der Waals surface area contributed by atoms with Crippen molar-refractivity contribution in [2.45, 2.75) is 26.3 Å². The quantitative estimate of drug-likeness (QED) is 0.835. The van der Waals surface area contributed by atoms with Crippen LogP contribution in [0.15, 0.2) is 29.3 Å². The monoisotopic (exact) mass is 290 g/mol. The van der Waals surface area contributed by atoms with Gasteiger partial charge < -0.3 is 20.6 Å². The van der Waals surface area contributed by atoms with Gasteiger partial charge in [-0.15, -0.1) is 0 Å². The van der Waals surface area contributed by atoms with E-state index in [0.717, 1.165) is 31.7 Å². The molecule has 3 N–H and O–H groups in total. The molecule has 1 atom stereocenters. The molecular weight excluding hydrogens is 264 g/mol. The van der Waals surface area contributed by atoms with E-state index in [-0.39, 0.29) is 11.3 Å². The fraction of sp³-hybridized carbons (Fsp3) is 0.562. The smallest absolute Gasteiger partial charge is 0.192 e. The topological polar surface area (TPSA) is 65.1 Å². The number of aliphatic imine (C=N–C) groups is 1. The molecule has 1 heterocycles. The van der Waals surface area contributed by atoms with Gasteiger partial charge in [-0.05, 0) is 37.7 Å². The highest BCUT2D eigenvalue weighted by Crippen LogP contribution is 2.33. The summed E-state index contributed by atoms with van der Waals surface area (Å²) in [7, 11) is 0. The Balaban J connectivity index is 2.16. The van der Waals surface area contributed by atoms with Crippen LogP contribution in [0, 0.1) is 0 Å². The third-order valence-electron chi connectivity index (χ3n) is 4.44. The Hall–Kier alpha value is -1.75. The van der Waals surface area contributed by atoms with E-state index in [2.05, 4.69) is 35.6 Å². The van der Waals surface area contributed by atoms with E-state index < -0.39 is 0 Å². The van der Waals surface area contributed by atoms with Gasteiger partial charge in [0.15, 0.2) is 5.96 Å². The predicted molar refractivity (Wildman–Crippen MR) is 86.4 cm³/mol. The molecule has 0 saturated carbocycles. The molecule has 5 nitrogen and oxygen atoms in total. The number of nitrogens with zero attached hydrogens (tertiary/aromatic N) is 3. The summed E-state index contributed by atoms with van der Waals surface area (Å²) in [5, 5.41) is 9.47. The lowest BCUT2D eigenvalue weighted by Crippen LogP contribution is -2.50. The Bertz CT molecular complexity index is 496. The van der Waals surface area contributed by atoms with E-state index in [9.17, 15) is 5.11 Å². The van der Waals surface area contributed by atoms with E-state index >= 15 is 0 Å². The maximum atomic E-state index is 9.47. The van der Waals surface area contributed by atoms with Crippen molar-refractivity contribution in [3.63, 3.8) is 0 Å². The Morgan fingerprint density at radius 2 is 1.90 bits per heavy atom. The fourth-order valence-corrected chi connectivity index (χ4v) is 2.87. The Kier molecular flexibility index (Phi) is 4.73. The van der Waals surface area contributed by atoms with Crippen LogP contribution in [0.4, 0.5) is 0 Å². The number of rotatable bonds is 6. The zero-order valence-corrected chi connectivity index (χ0v) is 13.2. The van der Waals surface area contributed by atoms with Crippen LogP contribution in [0.5, 0.6) is 5.75 Å². The van der Waals surface area contributed by atoms with Gasteiger partial charge in [0.2, 0.25) is 0 Å². The van der Waals surface area contributed by atoms with Crippen LogP contribution in [0.2, 0.25) is 0 Å². The minimum Gasteiger partial charge on any atom is -0.508 e. The number of benzene rings is 1. The van der Waals surface area contributed by atoms with Crippen molar-refractivity contribution in [1.82, 2.24) is 9.80 Å². The van der Waals surface area contributed by atoms with Crippen molar-refractivity contribution in [2.24, 2.45) is 10.7 Å². The lowest BCUT2D eigenvalue weighted by atomic mass is 9.91. The van der Waals surface area contributed by atoms with Crippen molar-refractivity contribution >= 4 is 5.96 Å². The molecule has 1 aliphatic heterocycles. The SMILES string of the molecule is CCN(CC)CCN1C(N)=NCC1(C)c1ccc(O)cc1. The van der Waals surface area contributed by atoms with Gasteiger partial charge in [0.05, 0.1) is 12.1 Å². The maximum Gasteiger partial charge on any atom is 0.192 e. The van der Waals surface area contributed by atoms with Gasteiger partial charge in [-0.25, -0.2) is 0 Å². The molecule has 0 fully saturated rings. The van der Waals surface area contributed by atoms with Crippen molar-refractivity contribution in [2.75, 3.05) is 32.7 Å². The summed E-state index contributed by atoms with van der Waals surface area (Å²) in [4.78, 5) is 8.99. The molecule has 2 rings (SSSR count). The van der Waals surface area contributed by atoms with Gasteiger partial charge in [0.1, 0.15) is 5.75 Å². The number of nitrogens with two attached hydrogens (primary N) is 1. The minimum atomic E-state index is -0.231. The summed E-state index contributed by atoms with van der Waals surface area (Å²) in [6.45, 7) is 11.1. The van der Waals surface area contributed by atoms with E-state index in [0.29, 0.717) is 12.5 Å². The molecule has 0 spiro atoms. The predicted octanol–water partition coefficient (Wildman–Crippen LogP) is 1.58. The van der Waals surface area contributed by atoms with Crippen LogP contribution >= 0.6 is 0 Å². The molecule has 0 radical (unpaired) electrons. The van der Waals surface area contributed by atoms with Crippen LogP contribution in [0.1, 0.15) is 26.3 Å². The molecule has 1 aromatic rings. The molecular formula is C16H26N4O. The van der Waals surface area contributed by atoms with Gasteiger partial charge in [-0.1, -0.05) is 26.0 Å². The number of likely N-dealkylation sites (N-methyl/N-ethyl adjacent to an activating group) is 1. The standard InChI is InChI=1S/C16H26N4O/c1-4-19(5-2)10-11-20-15(17)18-12-16(20,3)13-6-8-14(21)9-7-13/h6-9,21H,4-5,10-12H2,1-3H3,(H2,17,18). The number of hydrogen-bond donors (Lipinski definition) is 2. The zero-order chi connectivity index (χ0) is 15.5. The highest BCUT2D eigenvalue weighted by molar-refractivity contribution is 5.81. The minimum absolute atomic E-state index is 0.231. The lowest BCUT2D eigenvalue weighted by molar-refractivity contribution is 0.188. The number of guanidine groups is 1. The van der Waals surface area contributed by atoms with Crippen LogP contribution in [-0.4, -0.2) is 53.6 Å². The first-order valence-corrected chi connectivity index (χ1v) is 7.60. The Morgan fingerprint density at radius 3 is 2.48 bits per heavy atom. The van der Waals surface area contributed by atoms with Gasteiger partial charge in [0.25, 0.3) is 0 Å². The first kappa shape index (κ1) is 15.6. The van der Waals surface area contributed by atoms with E-state index in [1.165, 1.54) is 0 Å². The summed E-state index contributed by atoms with van der Waals surface area (Å²) in [5.74, 6) is 0.890. The first-order valence-electron chi connectivity index (χ1n) is 7.60. The Labute approximate surface area is 127 Å². The molecule has 21 heavy (non-hydrogen) atoms. The summed E-state index contributed by atoms with van der Waals surface area (Å²) in [6, 6.07) is 7.34. The van der Waals surface area contributed by atoms with Crippen LogP contribution in [0.25, 0.3) is 0 Å². The van der Waals surface area contributed by atoms with Crippen LogP contribution < -0.4 is 5.73 Å². The molecule has 1 unspecified atom stereocenters. The number of phenols is 1. The maximum absolute atomic E-state index is 9.47. The molecule has 0 saturated heterocycles. The second kappa shape index (κ2) is 6.35. The van der Waals surface area contributed by atoms with Gasteiger partial charge >= 0.3 is 0 Å². The molecule has 0 aromatic heterocycles. The molecule has 1 aliphatic rings. The number of phenolic OH excluding ortho intramolecular Hbond substituents is 1. The van der Waals surface area contributed by atoms with Gasteiger partial charge in [0, 0.05) is 13.1 Å². The van der Waals surface area contributed by atoms with E-state index in [1.54, 1.807) is 12.1 Å². The fourth-order valence-electron chi connectivity index (χ4n) is 2.87.